The monoisotopic (exact) mass is 139 g/mol. The lowest BCUT2D eigenvalue weighted by atomic mass is 9.98. The fourth-order valence-electron chi connectivity index (χ4n) is 0.740. The molecule has 1 unspecified atom stereocenters. The van der Waals surface area contributed by atoms with E-state index < -0.39 is 11.9 Å². The van der Waals surface area contributed by atoms with Crippen LogP contribution in [0.25, 0.3) is 0 Å². The molecule has 3 heteroatoms. The van der Waals surface area contributed by atoms with E-state index in [0.29, 0.717) is 0 Å². The van der Waals surface area contributed by atoms with Gasteiger partial charge in [-0.3, -0.25) is 4.79 Å². The third kappa shape index (κ3) is 1.25. The van der Waals surface area contributed by atoms with Gasteiger partial charge >= 0.3 is 5.97 Å². The molecule has 1 rings (SSSR count). The zero-order valence-corrected chi connectivity index (χ0v) is 5.19. The quantitative estimate of drug-likeness (QED) is 0.562. The highest BCUT2D eigenvalue weighted by molar-refractivity contribution is 5.75. The molecule has 1 aliphatic rings. The maximum Gasteiger partial charge on any atom is 0.313 e. The number of aliphatic hydroxyl groups excluding tert-OH is 1. The van der Waals surface area contributed by atoms with Gasteiger partial charge in [0.05, 0.1) is 0 Å². The molecule has 0 aliphatic heterocycles. The molecule has 3 nitrogen and oxygen atoms in total. The molecule has 53 valence electrons. The van der Waals surface area contributed by atoms with Crippen molar-refractivity contribution in [1.29, 1.82) is 0 Å². The number of allylic oxidation sites excluding steroid dienone is 2. The van der Waals surface area contributed by atoms with Crippen LogP contribution in [0.2, 0.25) is 0 Å². The van der Waals surface area contributed by atoms with Gasteiger partial charge in [-0.2, -0.15) is 0 Å². The Labute approximate surface area is 58.3 Å². The fraction of sp³-hybridized carbons (Fsp3) is 0.143. The van der Waals surface area contributed by atoms with Gasteiger partial charge in [0.15, 0.2) is 0 Å². The van der Waals surface area contributed by atoms with Crippen LogP contribution in [0.4, 0.5) is 0 Å². The molecule has 0 heterocycles. The summed E-state index contributed by atoms with van der Waals surface area (Å²) in [5.41, 5.74) is 0. The lowest BCUT2D eigenvalue weighted by molar-refractivity contribution is -0.140. The molecule has 1 radical (unpaired) electrons. The summed E-state index contributed by atoms with van der Waals surface area (Å²) < 4.78 is 0. The molecule has 0 fully saturated rings. The standard InChI is InChI=1S/C7H7O3/c8-6-4-2-1-3-5(6)7(9)10/h1-5,8H,(H,9,10). The van der Waals surface area contributed by atoms with Gasteiger partial charge in [0.1, 0.15) is 12.0 Å². The molecule has 0 saturated heterocycles. The van der Waals surface area contributed by atoms with Crippen molar-refractivity contribution in [1.82, 2.24) is 0 Å². The fourth-order valence-corrected chi connectivity index (χ4v) is 0.740. The van der Waals surface area contributed by atoms with Gasteiger partial charge in [-0.1, -0.05) is 18.2 Å². The van der Waals surface area contributed by atoms with Gasteiger partial charge in [-0.25, -0.2) is 0 Å². The van der Waals surface area contributed by atoms with E-state index in [1.54, 1.807) is 12.2 Å². The molecule has 2 N–H and O–H groups in total. The first-order chi connectivity index (χ1) is 4.72. The first-order valence-corrected chi connectivity index (χ1v) is 2.85. The topological polar surface area (TPSA) is 57.5 Å². The summed E-state index contributed by atoms with van der Waals surface area (Å²) in [6.45, 7) is 0. The molecule has 1 atom stereocenters. The van der Waals surface area contributed by atoms with E-state index >= 15 is 0 Å². The van der Waals surface area contributed by atoms with Crippen LogP contribution in [0, 0.1) is 12.0 Å². The molecular formula is C7H7O3. The zero-order valence-electron chi connectivity index (χ0n) is 5.19. The first kappa shape index (κ1) is 7.02. The van der Waals surface area contributed by atoms with E-state index in [4.69, 9.17) is 10.2 Å². The molecule has 10 heavy (non-hydrogen) atoms. The third-order valence-electron chi connectivity index (χ3n) is 1.27. The Morgan fingerprint density at radius 3 is 2.60 bits per heavy atom. The van der Waals surface area contributed by atoms with E-state index in [0.717, 1.165) is 0 Å². The number of rotatable bonds is 1. The highest BCUT2D eigenvalue weighted by Crippen LogP contribution is 2.18. The van der Waals surface area contributed by atoms with Gasteiger partial charge in [-0.15, -0.1) is 0 Å². The number of aliphatic hydroxyl groups is 1. The van der Waals surface area contributed by atoms with Gasteiger partial charge < -0.3 is 10.2 Å². The molecule has 1 aliphatic carbocycles. The van der Waals surface area contributed by atoms with E-state index in [9.17, 15) is 4.79 Å². The average Bonchev–Trinajstić information content (AvgIpc) is 1.88. The number of carboxylic acid groups (broad SMARTS) is 1. The predicted octanol–water partition coefficient (Wildman–Crippen LogP) is 0.718. The van der Waals surface area contributed by atoms with E-state index in [-0.39, 0.29) is 6.10 Å². The largest absolute Gasteiger partial charge is 0.481 e. The summed E-state index contributed by atoms with van der Waals surface area (Å²) in [7, 11) is 0. The second-order valence-corrected chi connectivity index (χ2v) is 1.98. The Balaban J connectivity index is 2.70. The summed E-state index contributed by atoms with van der Waals surface area (Å²) in [5, 5.41) is 17.4. The molecule has 0 saturated carbocycles. The Morgan fingerprint density at radius 2 is 2.20 bits per heavy atom. The summed E-state index contributed by atoms with van der Waals surface area (Å²) >= 11 is 0. The first-order valence-electron chi connectivity index (χ1n) is 2.85. The number of hydrogen-bond donors (Lipinski definition) is 2. The number of carbonyl (C=O) groups is 1. The van der Waals surface area contributed by atoms with Crippen LogP contribution >= 0.6 is 0 Å². The lowest BCUT2D eigenvalue weighted by Gasteiger charge is -2.12. The van der Waals surface area contributed by atoms with Crippen molar-refractivity contribution >= 4 is 5.97 Å². The van der Waals surface area contributed by atoms with Crippen molar-refractivity contribution in [2.75, 3.05) is 0 Å². The minimum absolute atomic E-state index is 0.116. The van der Waals surface area contributed by atoms with E-state index in [1.807, 2.05) is 0 Å². The van der Waals surface area contributed by atoms with Crippen molar-refractivity contribution < 1.29 is 15.0 Å². The summed E-state index contributed by atoms with van der Waals surface area (Å²) in [5.74, 6) is -1.89. The van der Waals surface area contributed by atoms with E-state index in [2.05, 4.69) is 0 Å². The Kier molecular flexibility index (Phi) is 1.87. The van der Waals surface area contributed by atoms with Crippen LogP contribution in [0.3, 0.4) is 0 Å². The molecule has 0 aromatic rings. The second-order valence-electron chi connectivity index (χ2n) is 1.98. The van der Waals surface area contributed by atoms with Crippen molar-refractivity contribution in [3.63, 3.8) is 0 Å². The molecule has 0 aromatic heterocycles. The molecule has 0 amide bonds. The molecule has 0 spiro atoms. The van der Waals surface area contributed by atoms with Crippen LogP contribution in [0.1, 0.15) is 0 Å². The van der Waals surface area contributed by atoms with Crippen molar-refractivity contribution in [2.45, 2.75) is 0 Å². The minimum Gasteiger partial charge on any atom is -0.481 e. The highest BCUT2D eigenvalue weighted by Gasteiger charge is 2.23. The smallest absolute Gasteiger partial charge is 0.313 e. The molecule has 0 bridgehead atoms. The van der Waals surface area contributed by atoms with Crippen LogP contribution in [0.15, 0.2) is 24.3 Å². The highest BCUT2D eigenvalue weighted by atomic mass is 16.4. The van der Waals surface area contributed by atoms with Crippen molar-refractivity contribution in [3.8, 4) is 0 Å². The Bertz CT molecular complexity index is 193. The summed E-state index contributed by atoms with van der Waals surface area (Å²) in [6.07, 6.45) is 5.87. The summed E-state index contributed by atoms with van der Waals surface area (Å²) in [6, 6.07) is 0. The van der Waals surface area contributed by atoms with Gasteiger partial charge in [0.25, 0.3) is 0 Å². The Hall–Kier alpha value is -1.09. The second kappa shape index (κ2) is 2.66. The maximum atomic E-state index is 10.3. The van der Waals surface area contributed by atoms with Gasteiger partial charge in [0, 0.05) is 0 Å². The minimum atomic E-state index is -1.03. The number of hydrogen-bond acceptors (Lipinski definition) is 2. The maximum absolute atomic E-state index is 10.3. The Morgan fingerprint density at radius 1 is 1.50 bits per heavy atom. The predicted molar refractivity (Wildman–Crippen MR) is 34.6 cm³/mol. The van der Waals surface area contributed by atoms with Gasteiger partial charge in [0.2, 0.25) is 0 Å². The average molecular weight is 139 g/mol. The van der Waals surface area contributed by atoms with Crippen molar-refractivity contribution in [3.05, 3.63) is 30.4 Å². The number of aliphatic carboxylic acids is 1. The zero-order chi connectivity index (χ0) is 7.56. The molecular weight excluding hydrogens is 132 g/mol. The number of carboxylic acids is 1. The van der Waals surface area contributed by atoms with Crippen LogP contribution in [-0.4, -0.2) is 16.2 Å². The SMILES string of the molecule is O=C(O)C1C=CC=C[C]1O. The third-order valence-corrected chi connectivity index (χ3v) is 1.27. The van der Waals surface area contributed by atoms with E-state index in [1.165, 1.54) is 12.2 Å². The normalized spacial score (nSPS) is 25.1. The molecule has 0 aromatic carbocycles. The van der Waals surface area contributed by atoms with Crippen LogP contribution in [0.5, 0.6) is 0 Å². The summed E-state index contributed by atoms with van der Waals surface area (Å²) in [4.78, 5) is 10.3. The van der Waals surface area contributed by atoms with Crippen LogP contribution < -0.4 is 0 Å². The van der Waals surface area contributed by atoms with Gasteiger partial charge in [-0.05, 0) is 6.08 Å². The van der Waals surface area contributed by atoms with Crippen LogP contribution in [-0.2, 0) is 4.79 Å². The van der Waals surface area contributed by atoms with Crippen molar-refractivity contribution in [2.24, 2.45) is 5.92 Å². The lowest BCUT2D eigenvalue weighted by Crippen LogP contribution is -2.19.